The van der Waals surface area contributed by atoms with E-state index >= 15 is 0 Å². The van der Waals surface area contributed by atoms with Gasteiger partial charge in [-0.2, -0.15) is 0 Å². The van der Waals surface area contributed by atoms with Crippen LogP contribution in [0.15, 0.2) is 0 Å². The quantitative estimate of drug-likeness (QED) is 0.0883. The zero-order chi connectivity index (χ0) is 27.9. The molecule has 0 radical (unpaired) electrons. The van der Waals surface area contributed by atoms with Crippen molar-refractivity contribution in [3.63, 3.8) is 0 Å². The maximum atomic E-state index is 12.3. The maximum Gasteiger partial charge on any atom is 0.537 e. The standard InChI is InChI=1S/C22H32N4O11S/c1-13(36-22(32)37-26-17(28)9-10-18(26)29)35-19(30)8-4-5-11-23-16(27)7-3-2-6-15-20-14(12-38(15,33)34)24-21(31)25-20/h13-15,20H,2-12H2,1H3,(H,23,27)(H2,24,25,31)/t13?,14?,15-,20?/m0/s1. The number of unbranched alkanes of at least 4 members (excludes halogenated alkanes) is 2. The van der Waals surface area contributed by atoms with Crippen LogP contribution < -0.4 is 16.0 Å². The van der Waals surface area contributed by atoms with Gasteiger partial charge >= 0.3 is 18.2 Å². The highest BCUT2D eigenvalue weighted by molar-refractivity contribution is 7.92. The number of fused-ring (bicyclic) bond motifs is 1. The minimum atomic E-state index is -3.29. The Labute approximate surface area is 219 Å². The van der Waals surface area contributed by atoms with Gasteiger partial charge < -0.3 is 25.4 Å². The second-order valence-corrected chi connectivity index (χ2v) is 11.5. The molecule has 3 unspecified atom stereocenters. The van der Waals surface area contributed by atoms with E-state index in [0.717, 1.165) is 0 Å². The Kier molecular flexibility index (Phi) is 9.88. The molecule has 0 saturated carbocycles. The van der Waals surface area contributed by atoms with Crippen molar-refractivity contribution in [2.75, 3.05) is 12.3 Å². The van der Waals surface area contributed by atoms with Gasteiger partial charge in [-0.25, -0.2) is 18.0 Å². The fraction of sp³-hybridized carbons (Fsp3) is 0.727. The highest BCUT2D eigenvalue weighted by atomic mass is 32.2. The zero-order valence-electron chi connectivity index (χ0n) is 20.9. The van der Waals surface area contributed by atoms with Gasteiger partial charge in [-0.1, -0.05) is 11.5 Å². The van der Waals surface area contributed by atoms with E-state index in [0.29, 0.717) is 43.7 Å². The molecule has 4 atom stereocenters. The highest BCUT2D eigenvalue weighted by Crippen LogP contribution is 2.28. The summed E-state index contributed by atoms with van der Waals surface area (Å²) in [5.41, 5.74) is 0. The number of hydroxylamine groups is 2. The number of ether oxygens (including phenoxy) is 2. The second kappa shape index (κ2) is 12.9. The number of amides is 5. The molecule has 3 aliphatic heterocycles. The van der Waals surface area contributed by atoms with Gasteiger partial charge in [0.05, 0.1) is 23.1 Å². The summed E-state index contributed by atoms with van der Waals surface area (Å²) in [6, 6.07) is -1.18. The summed E-state index contributed by atoms with van der Waals surface area (Å²) in [4.78, 5) is 74.3. The van der Waals surface area contributed by atoms with E-state index in [9.17, 15) is 37.2 Å². The van der Waals surface area contributed by atoms with Crippen LogP contribution in [0.3, 0.4) is 0 Å². The van der Waals surface area contributed by atoms with Gasteiger partial charge in [-0.3, -0.25) is 24.0 Å². The van der Waals surface area contributed by atoms with Crippen LogP contribution in [-0.4, -0.2) is 85.3 Å². The summed E-state index contributed by atoms with van der Waals surface area (Å²) in [6.07, 6.45) is -0.253. The van der Waals surface area contributed by atoms with Crippen molar-refractivity contribution in [2.24, 2.45) is 0 Å². The lowest BCUT2D eigenvalue weighted by molar-refractivity contribution is -0.191. The molecule has 0 spiro atoms. The second-order valence-electron chi connectivity index (χ2n) is 9.27. The molecule has 5 amide bonds. The van der Waals surface area contributed by atoms with E-state index < -0.39 is 57.4 Å². The average molecular weight is 561 g/mol. The summed E-state index contributed by atoms with van der Waals surface area (Å²) >= 11 is 0. The van der Waals surface area contributed by atoms with E-state index in [1.165, 1.54) is 6.92 Å². The minimum absolute atomic E-state index is 0.00509. The lowest BCUT2D eigenvalue weighted by atomic mass is 10.0. The number of rotatable bonds is 13. The van der Waals surface area contributed by atoms with Crippen molar-refractivity contribution in [1.29, 1.82) is 0 Å². The van der Waals surface area contributed by atoms with Gasteiger partial charge in [0.15, 0.2) is 9.84 Å². The molecule has 3 aliphatic rings. The van der Waals surface area contributed by atoms with Crippen molar-refractivity contribution >= 4 is 45.7 Å². The summed E-state index contributed by atoms with van der Waals surface area (Å²) in [7, 11) is -3.29. The van der Waals surface area contributed by atoms with Crippen LogP contribution in [0.5, 0.6) is 0 Å². The van der Waals surface area contributed by atoms with E-state index in [2.05, 4.69) is 20.8 Å². The lowest BCUT2D eigenvalue weighted by Crippen LogP contribution is -2.39. The smallest absolute Gasteiger partial charge is 0.425 e. The van der Waals surface area contributed by atoms with Crippen molar-refractivity contribution in [2.45, 2.75) is 88.3 Å². The Balaban J connectivity index is 1.20. The Morgan fingerprint density at radius 3 is 2.39 bits per heavy atom. The van der Waals surface area contributed by atoms with Crippen molar-refractivity contribution in [1.82, 2.24) is 21.0 Å². The molecule has 3 heterocycles. The van der Waals surface area contributed by atoms with Crippen molar-refractivity contribution in [3.05, 3.63) is 0 Å². The molecule has 3 saturated heterocycles. The number of nitrogens with one attached hydrogen (secondary N) is 3. The number of sulfone groups is 1. The molecule has 3 N–H and O–H groups in total. The Hall–Kier alpha value is -3.43. The molecule has 38 heavy (non-hydrogen) atoms. The third-order valence-electron chi connectivity index (χ3n) is 6.32. The summed E-state index contributed by atoms with van der Waals surface area (Å²) in [5, 5.41) is 7.67. The third kappa shape index (κ3) is 8.03. The van der Waals surface area contributed by atoms with E-state index in [-0.39, 0.29) is 43.4 Å². The topological polar surface area (TPSA) is 204 Å². The SMILES string of the molecule is CC(OC(=O)CCCCNC(=O)CCCC[C@H]1C2NC(=O)NC2CS1(=O)=O)OC(=O)ON1C(=O)CCC1=O. The first kappa shape index (κ1) is 29.1. The molecule has 0 aromatic carbocycles. The summed E-state index contributed by atoms with van der Waals surface area (Å²) in [6.45, 7) is 1.61. The molecule has 0 aromatic heterocycles. The van der Waals surface area contributed by atoms with E-state index in [1.807, 2.05) is 0 Å². The molecule has 16 heteroatoms. The number of nitrogens with zero attached hydrogens (tertiary/aromatic N) is 1. The van der Waals surface area contributed by atoms with Crippen LogP contribution in [0.25, 0.3) is 0 Å². The van der Waals surface area contributed by atoms with Gasteiger partial charge in [-0.05, 0) is 25.7 Å². The Morgan fingerprint density at radius 1 is 1.00 bits per heavy atom. The third-order valence-corrected chi connectivity index (χ3v) is 8.60. The molecule has 15 nitrogen and oxygen atoms in total. The van der Waals surface area contributed by atoms with Crippen LogP contribution in [0, 0.1) is 0 Å². The van der Waals surface area contributed by atoms with Gasteiger partial charge in [0.1, 0.15) is 0 Å². The molecular formula is C22H32N4O11S. The molecular weight excluding hydrogens is 528 g/mol. The monoisotopic (exact) mass is 560 g/mol. The van der Waals surface area contributed by atoms with Crippen LogP contribution in [0.4, 0.5) is 9.59 Å². The number of imide groups is 1. The van der Waals surface area contributed by atoms with Gasteiger partial charge in [0.25, 0.3) is 11.8 Å². The number of urea groups is 1. The number of carbonyl (C=O) groups excluding carboxylic acids is 6. The van der Waals surface area contributed by atoms with Gasteiger partial charge in [0, 0.05) is 39.2 Å². The number of hydrogen-bond acceptors (Lipinski definition) is 11. The fourth-order valence-electron chi connectivity index (χ4n) is 4.50. The zero-order valence-corrected chi connectivity index (χ0v) is 21.8. The van der Waals surface area contributed by atoms with E-state index in [4.69, 9.17) is 9.47 Å². The molecule has 3 fully saturated rings. The highest BCUT2D eigenvalue weighted by Gasteiger charge is 2.51. The Bertz CT molecular complexity index is 1050. The lowest BCUT2D eigenvalue weighted by Gasteiger charge is -2.16. The molecule has 0 aliphatic carbocycles. The first-order valence-electron chi connectivity index (χ1n) is 12.5. The minimum Gasteiger partial charge on any atom is -0.425 e. The molecule has 3 rings (SSSR count). The molecule has 0 bridgehead atoms. The average Bonchev–Trinajstić information content (AvgIpc) is 3.40. The maximum absolute atomic E-state index is 12.3. The summed E-state index contributed by atoms with van der Waals surface area (Å²) < 4.78 is 34.2. The van der Waals surface area contributed by atoms with Crippen LogP contribution in [-0.2, 0) is 43.3 Å². The van der Waals surface area contributed by atoms with E-state index in [1.54, 1.807) is 0 Å². The van der Waals surface area contributed by atoms with Crippen molar-refractivity contribution < 1.29 is 51.5 Å². The predicted molar refractivity (Wildman–Crippen MR) is 126 cm³/mol. The molecule has 0 aromatic rings. The van der Waals surface area contributed by atoms with Crippen molar-refractivity contribution in [3.8, 4) is 0 Å². The summed E-state index contributed by atoms with van der Waals surface area (Å²) in [5.74, 6) is -2.25. The largest absolute Gasteiger partial charge is 0.537 e. The first-order valence-corrected chi connectivity index (χ1v) is 14.2. The van der Waals surface area contributed by atoms with Gasteiger partial charge in [0.2, 0.25) is 12.2 Å². The normalized spacial score (nSPS) is 24.3. The Morgan fingerprint density at radius 2 is 1.68 bits per heavy atom. The predicted octanol–water partition coefficient (Wildman–Crippen LogP) is -0.213. The first-order chi connectivity index (χ1) is 18.0. The van der Waals surface area contributed by atoms with Crippen LogP contribution >= 0.6 is 0 Å². The number of hydrogen-bond donors (Lipinski definition) is 3. The van der Waals surface area contributed by atoms with Crippen LogP contribution in [0.2, 0.25) is 0 Å². The molecule has 212 valence electrons. The van der Waals surface area contributed by atoms with Crippen LogP contribution in [0.1, 0.15) is 64.7 Å². The number of carbonyl (C=O) groups is 6. The number of esters is 1. The fourth-order valence-corrected chi connectivity index (χ4v) is 6.77. The van der Waals surface area contributed by atoms with Gasteiger partial charge in [-0.15, -0.1) is 0 Å².